The molecule has 0 saturated heterocycles. The topological polar surface area (TPSA) is 144 Å². The zero-order valence-electron chi connectivity index (χ0n) is 25.5. The van der Waals surface area contributed by atoms with Gasteiger partial charge in [-0.1, -0.05) is 11.3 Å². The predicted octanol–water partition coefficient (Wildman–Crippen LogP) is 7.07. The second-order valence-corrected chi connectivity index (χ2v) is 14.3. The Balaban J connectivity index is 1.03. The molecule has 0 atom stereocenters. The van der Waals surface area contributed by atoms with Crippen molar-refractivity contribution in [1.82, 2.24) is 34.9 Å². The Kier molecular flexibility index (Phi) is 6.59. The number of aromatic nitrogens is 7. The van der Waals surface area contributed by atoms with E-state index in [0.29, 0.717) is 33.6 Å². The summed E-state index contributed by atoms with van der Waals surface area (Å²) in [4.78, 5) is 26.7. The highest BCUT2D eigenvalue weighted by molar-refractivity contribution is 7.21. The molecule has 5 aromatic rings. The fourth-order valence-electron chi connectivity index (χ4n) is 8.47. The van der Waals surface area contributed by atoms with Gasteiger partial charge in [-0.3, -0.25) is 4.68 Å². The van der Waals surface area contributed by atoms with Gasteiger partial charge in [0.1, 0.15) is 16.2 Å². The van der Waals surface area contributed by atoms with Gasteiger partial charge in [0, 0.05) is 40.7 Å². The normalized spacial score (nSPS) is 23.5. The van der Waals surface area contributed by atoms with Crippen LogP contribution < -0.4 is 10.6 Å². The van der Waals surface area contributed by atoms with Gasteiger partial charge in [0.15, 0.2) is 22.5 Å². The largest absolute Gasteiger partial charge is 0.476 e. The highest BCUT2D eigenvalue weighted by Crippen LogP contribution is 2.60. The first-order valence-electron chi connectivity index (χ1n) is 15.6. The lowest BCUT2D eigenvalue weighted by atomic mass is 9.49. The lowest BCUT2D eigenvalue weighted by Crippen LogP contribution is -2.48. The third kappa shape index (κ3) is 5.01. The third-order valence-electron chi connectivity index (χ3n) is 10.3. The van der Waals surface area contributed by atoms with Crippen molar-refractivity contribution in [3.05, 3.63) is 59.2 Å². The maximum absolute atomic E-state index is 12.5. The number of pyridine rings is 2. The van der Waals surface area contributed by atoms with E-state index >= 15 is 0 Å². The van der Waals surface area contributed by atoms with Gasteiger partial charge in [-0.25, -0.2) is 19.7 Å². The minimum absolute atomic E-state index is 0.0254. The number of nitrogens with one attached hydrogen (secondary N) is 2. The van der Waals surface area contributed by atoms with Crippen molar-refractivity contribution in [2.75, 3.05) is 10.6 Å². The smallest absolute Gasteiger partial charge is 0.355 e. The number of hydrogen-bond acceptors (Lipinski definition) is 10. The summed E-state index contributed by atoms with van der Waals surface area (Å²) in [6, 6.07) is 7.37. The molecule has 4 saturated carbocycles. The van der Waals surface area contributed by atoms with Crippen LogP contribution in [0, 0.1) is 43.9 Å². The molecule has 5 heterocycles. The minimum Gasteiger partial charge on any atom is -0.476 e. The monoisotopic (exact) mass is 621 g/mol. The van der Waals surface area contributed by atoms with Crippen molar-refractivity contribution in [3.63, 3.8) is 0 Å². The Bertz CT molecular complexity index is 1900. The Labute approximate surface area is 264 Å². The van der Waals surface area contributed by atoms with Crippen LogP contribution in [0.25, 0.3) is 21.5 Å². The summed E-state index contributed by atoms with van der Waals surface area (Å²) in [7, 11) is 0. The third-order valence-corrected chi connectivity index (χ3v) is 11.2. The first-order valence-corrected chi connectivity index (χ1v) is 16.4. The molecule has 230 valence electrons. The van der Waals surface area contributed by atoms with Gasteiger partial charge in [0.05, 0.1) is 6.20 Å². The van der Waals surface area contributed by atoms with E-state index in [4.69, 9.17) is 5.10 Å². The van der Waals surface area contributed by atoms with Crippen molar-refractivity contribution in [2.24, 2.45) is 23.2 Å². The second-order valence-electron chi connectivity index (χ2n) is 13.4. The first-order chi connectivity index (χ1) is 21.7. The van der Waals surface area contributed by atoms with Crippen molar-refractivity contribution < 1.29 is 9.90 Å². The van der Waals surface area contributed by atoms with Gasteiger partial charge in [-0.15, -0.1) is 10.2 Å². The highest BCUT2D eigenvalue weighted by Gasteiger charge is 2.51. The Hall–Kier alpha value is -4.45. The average molecular weight is 622 g/mol. The maximum atomic E-state index is 12.5. The SMILES string of the molecule is Cc1c(Nc2ccc(-c3cnn(CC45CC6CC(CC(C6)C4)C5)c3C)c(C(=O)O)n2)nnc(Nc2nc3cccnc3s2)c1C. The molecule has 4 fully saturated rings. The molecule has 0 unspecified atom stereocenters. The number of thiazole rings is 1. The fourth-order valence-corrected chi connectivity index (χ4v) is 9.28. The molecule has 0 amide bonds. The molecule has 0 aliphatic heterocycles. The molecule has 9 rings (SSSR count). The number of anilines is 4. The van der Waals surface area contributed by atoms with Crippen LogP contribution in [0.1, 0.15) is 65.8 Å². The molecule has 0 spiro atoms. The Morgan fingerprint density at radius 2 is 1.64 bits per heavy atom. The highest BCUT2D eigenvalue weighted by atomic mass is 32.1. The molecule has 3 N–H and O–H groups in total. The molecular weight excluding hydrogens is 586 g/mol. The summed E-state index contributed by atoms with van der Waals surface area (Å²) in [5.74, 6) is 2.99. The number of aromatic carboxylic acids is 1. The molecular formula is C33H35N9O2S. The number of rotatable bonds is 8. The Morgan fingerprint density at radius 3 is 2.31 bits per heavy atom. The van der Waals surface area contributed by atoms with E-state index in [1.54, 1.807) is 18.5 Å². The molecule has 12 heteroatoms. The maximum Gasteiger partial charge on any atom is 0.355 e. The van der Waals surface area contributed by atoms with E-state index in [0.717, 1.165) is 57.0 Å². The molecule has 11 nitrogen and oxygen atoms in total. The van der Waals surface area contributed by atoms with Crippen LogP contribution in [0.2, 0.25) is 0 Å². The summed E-state index contributed by atoms with van der Waals surface area (Å²) in [5, 5.41) is 30.9. The number of hydrogen-bond donors (Lipinski definition) is 3. The van der Waals surface area contributed by atoms with Crippen molar-refractivity contribution in [1.29, 1.82) is 0 Å². The molecule has 4 aliphatic carbocycles. The van der Waals surface area contributed by atoms with E-state index in [9.17, 15) is 9.90 Å². The lowest BCUT2D eigenvalue weighted by Gasteiger charge is -2.56. The summed E-state index contributed by atoms with van der Waals surface area (Å²) in [6.07, 6.45) is 11.7. The minimum atomic E-state index is -1.09. The summed E-state index contributed by atoms with van der Waals surface area (Å²) in [6.45, 7) is 6.84. The van der Waals surface area contributed by atoms with Crippen LogP contribution in [-0.2, 0) is 6.54 Å². The van der Waals surface area contributed by atoms with Crippen molar-refractivity contribution in [3.8, 4) is 11.1 Å². The van der Waals surface area contributed by atoms with Crippen LogP contribution in [0.3, 0.4) is 0 Å². The zero-order chi connectivity index (χ0) is 30.9. The summed E-state index contributed by atoms with van der Waals surface area (Å²) >= 11 is 1.45. The Morgan fingerprint density at radius 1 is 0.956 bits per heavy atom. The van der Waals surface area contributed by atoms with E-state index in [2.05, 4.69) is 40.5 Å². The number of carboxylic acids is 1. The molecule has 5 aromatic heterocycles. The fraction of sp³-hybridized carbons (Fsp3) is 0.424. The van der Waals surface area contributed by atoms with Crippen molar-refractivity contribution in [2.45, 2.75) is 65.8 Å². The van der Waals surface area contributed by atoms with Gasteiger partial charge >= 0.3 is 5.97 Å². The lowest BCUT2D eigenvalue weighted by molar-refractivity contribution is -0.0638. The summed E-state index contributed by atoms with van der Waals surface area (Å²) in [5.41, 5.74) is 5.22. The molecule has 4 bridgehead atoms. The second kappa shape index (κ2) is 10.6. The summed E-state index contributed by atoms with van der Waals surface area (Å²) < 4.78 is 2.11. The standard InChI is InChI=1S/C33H35N9O2S/c1-17-18(2)29(39-32-36-25-5-4-8-34-30(25)45-32)41-40-28(17)38-26-7-6-23(27(37-26)31(43)44)24-15-35-42(19(24)3)16-33-12-20-9-21(13-33)11-22(10-20)14-33/h4-8,15,20-22H,9-14,16H2,1-3H3,(H,43,44)(H,36,39,41)(H,37,38,40). The van der Waals surface area contributed by atoms with Gasteiger partial charge in [0.25, 0.3) is 0 Å². The predicted molar refractivity (Wildman–Crippen MR) is 173 cm³/mol. The van der Waals surface area contributed by atoms with Crippen LogP contribution in [-0.4, -0.2) is 46.0 Å². The molecule has 0 aromatic carbocycles. The van der Waals surface area contributed by atoms with Crippen LogP contribution in [0.5, 0.6) is 0 Å². The average Bonchev–Trinajstić information content (AvgIpc) is 3.58. The van der Waals surface area contributed by atoms with Gasteiger partial charge in [-0.2, -0.15) is 5.10 Å². The quantitative estimate of drug-likeness (QED) is 0.165. The van der Waals surface area contributed by atoms with Gasteiger partial charge in [0.2, 0.25) is 0 Å². The van der Waals surface area contributed by atoms with Gasteiger partial charge < -0.3 is 15.7 Å². The van der Waals surface area contributed by atoms with Crippen LogP contribution in [0.15, 0.2) is 36.7 Å². The van der Waals surface area contributed by atoms with Gasteiger partial charge in [-0.05, 0) is 107 Å². The number of carbonyl (C=O) groups is 1. The first kappa shape index (κ1) is 28.1. The zero-order valence-corrected chi connectivity index (χ0v) is 26.4. The number of fused-ring (bicyclic) bond motifs is 1. The van der Waals surface area contributed by atoms with Crippen LogP contribution in [0.4, 0.5) is 22.6 Å². The molecule has 45 heavy (non-hydrogen) atoms. The molecule has 4 aliphatic rings. The van der Waals surface area contributed by atoms with E-state index in [1.807, 2.05) is 39.0 Å². The van der Waals surface area contributed by atoms with E-state index < -0.39 is 5.97 Å². The van der Waals surface area contributed by atoms with E-state index in [-0.39, 0.29) is 5.69 Å². The van der Waals surface area contributed by atoms with Crippen molar-refractivity contribution >= 4 is 50.2 Å². The number of carboxylic acid groups (broad SMARTS) is 1. The number of nitrogens with zero attached hydrogens (tertiary/aromatic N) is 7. The molecule has 0 radical (unpaired) electrons. The van der Waals surface area contributed by atoms with E-state index in [1.165, 1.54) is 49.9 Å². The van der Waals surface area contributed by atoms with Crippen LogP contribution >= 0.6 is 11.3 Å².